The maximum Gasteiger partial charge on any atom is 0.244 e. The molecule has 2 aromatic rings. The van der Waals surface area contributed by atoms with E-state index < -0.39 is 0 Å². The number of methoxy groups -OCH3 is 2. The first kappa shape index (κ1) is 17.4. The molecule has 1 heterocycles. The summed E-state index contributed by atoms with van der Waals surface area (Å²) >= 11 is 0. The van der Waals surface area contributed by atoms with Crippen LogP contribution in [0.5, 0.6) is 11.8 Å². The highest BCUT2D eigenvalue weighted by atomic mass is 16.5. The van der Waals surface area contributed by atoms with Gasteiger partial charge in [0.1, 0.15) is 5.56 Å². The summed E-state index contributed by atoms with van der Waals surface area (Å²) in [6.45, 7) is 15.0. The maximum atomic E-state index is 5.72. The van der Waals surface area contributed by atoms with Crippen LogP contribution < -0.4 is 9.47 Å². The Labute approximate surface area is 139 Å². The van der Waals surface area contributed by atoms with Gasteiger partial charge in [-0.05, 0) is 81.8 Å². The van der Waals surface area contributed by atoms with E-state index in [9.17, 15) is 0 Å². The fourth-order valence-corrected chi connectivity index (χ4v) is 3.18. The molecule has 1 aromatic carbocycles. The minimum atomic E-state index is 0.195. The molecular weight excluding hydrogens is 288 g/mol. The highest BCUT2D eigenvalue weighted by Gasteiger charge is 2.26. The molecule has 126 valence electrons. The van der Waals surface area contributed by atoms with E-state index in [4.69, 9.17) is 9.47 Å². The van der Waals surface area contributed by atoms with Crippen molar-refractivity contribution in [3.8, 4) is 22.9 Å². The quantitative estimate of drug-likeness (QED) is 0.821. The average molecular weight is 316 g/mol. The van der Waals surface area contributed by atoms with E-state index >= 15 is 0 Å². The summed E-state index contributed by atoms with van der Waals surface area (Å²) in [6, 6.07) is 0.195. The van der Waals surface area contributed by atoms with E-state index in [1.807, 2.05) is 4.68 Å². The molecule has 0 bridgehead atoms. The first-order chi connectivity index (χ1) is 10.8. The van der Waals surface area contributed by atoms with E-state index in [2.05, 4.69) is 53.6 Å². The van der Waals surface area contributed by atoms with Crippen LogP contribution in [0, 0.1) is 34.6 Å². The molecule has 0 aliphatic carbocycles. The first-order valence-corrected chi connectivity index (χ1v) is 8.03. The minimum absolute atomic E-state index is 0.195. The second-order valence-electron chi connectivity index (χ2n) is 6.43. The third kappa shape index (κ3) is 2.60. The van der Waals surface area contributed by atoms with Gasteiger partial charge in [0.05, 0.1) is 20.3 Å². The van der Waals surface area contributed by atoms with Crippen molar-refractivity contribution in [3.63, 3.8) is 0 Å². The number of hydrogen-bond acceptors (Lipinski definition) is 3. The van der Waals surface area contributed by atoms with Crippen molar-refractivity contribution in [1.29, 1.82) is 0 Å². The Morgan fingerprint density at radius 2 is 1.22 bits per heavy atom. The topological polar surface area (TPSA) is 36.3 Å². The van der Waals surface area contributed by atoms with Crippen LogP contribution in [0.4, 0.5) is 0 Å². The van der Waals surface area contributed by atoms with E-state index in [-0.39, 0.29) is 6.04 Å². The Kier molecular flexibility index (Phi) is 4.73. The van der Waals surface area contributed by atoms with E-state index in [0.29, 0.717) is 5.88 Å². The van der Waals surface area contributed by atoms with E-state index in [1.165, 1.54) is 33.4 Å². The van der Waals surface area contributed by atoms with Crippen LogP contribution in [0.3, 0.4) is 0 Å². The molecule has 23 heavy (non-hydrogen) atoms. The highest BCUT2D eigenvalue weighted by Crippen LogP contribution is 2.44. The van der Waals surface area contributed by atoms with Gasteiger partial charge in [-0.2, -0.15) is 0 Å². The fourth-order valence-electron chi connectivity index (χ4n) is 3.18. The van der Waals surface area contributed by atoms with Crippen LogP contribution >= 0.6 is 0 Å². The molecule has 4 nitrogen and oxygen atoms in total. The Morgan fingerprint density at radius 1 is 0.739 bits per heavy atom. The Bertz CT molecular complexity index is 714. The van der Waals surface area contributed by atoms with E-state index in [0.717, 1.165) is 11.4 Å². The zero-order chi connectivity index (χ0) is 17.5. The molecule has 0 atom stereocenters. The molecule has 0 aliphatic heterocycles. The van der Waals surface area contributed by atoms with Gasteiger partial charge < -0.3 is 9.47 Å². The van der Waals surface area contributed by atoms with Crippen molar-refractivity contribution in [1.82, 2.24) is 9.78 Å². The number of rotatable bonds is 4. The van der Waals surface area contributed by atoms with Crippen molar-refractivity contribution in [2.24, 2.45) is 0 Å². The van der Waals surface area contributed by atoms with Crippen LogP contribution in [0.1, 0.15) is 47.7 Å². The molecule has 0 saturated heterocycles. The number of nitrogens with zero attached hydrogens (tertiary/aromatic N) is 2. The zero-order valence-corrected chi connectivity index (χ0v) is 15.8. The Morgan fingerprint density at radius 3 is 1.61 bits per heavy atom. The van der Waals surface area contributed by atoms with Gasteiger partial charge in [0.25, 0.3) is 0 Å². The van der Waals surface area contributed by atoms with Crippen molar-refractivity contribution in [2.45, 2.75) is 54.5 Å². The summed E-state index contributed by atoms with van der Waals surface area (Å²) in [6.07, 6.45) is 0. The summed E-state index contributed by atoms with van der Waals surface area (Å²) in [4.78, 5) is 0. The lowest BCUT2D eigenvalue weighted by Gasteiger charge is -2.19. The molecule has 0 unspecified atom stereocenters. The second-order valence-corrected chi connectivity index (χ2v) is 6.43. The van der Waals surface area contributed by atoms with Gasteiger partial charge in [0, 0.05) is 0 Å². The number of benzene rings is 1. The lowest BCUT2D eigenvalue weighted by molar-refractivity contribution is 0.340. The smallest absolute Gasteiger partial charge is 0.244 e. The molecule has 0 aliphatic rings. The van der Waals surface area contributed by atoms with E-state index in [1.54, 1.807) is 14.2 Å². The minimum Gasteiger partial charge on any atom is -0.481 e. The molecule has 2 rings (SSSR count). The van der Waals surface area contributed by atoms with Crippen LogP contribution in [-0.4, -0.2) is 24.0 Å². The van der Waals surface area contributed by atoms with Gasteiger partial charge in [-0.1, -0.05) is 0 Å². The first-order valence-electron chi connectivity index (χ1n) is 8.03. The second kappa shape index (κ2) is 6.26. The monoisotopic (exact) mass is 316 g/mol. The third-order valence-corrected chi connectivity index (χ3v) is 4.96. The molecular formula is C19H28N2O2. The number of aromatic nitrogens is 2. The summed E-state index contributed by atoms with van der Waals surface area (Å²) in [7, 11) is 3.35. The number of hydrogen-bond donors (Lipinski definition) is 0. The largest absolute Gasteiger partial charge is 0.481 e. The molecule has 1 aromatic heterocycles. The molecule has 0 N–H and O–H groups in total. The van der Waals surface area contributed by atoms with Gasteiger partial charge in [-0.3, -0.25) is 0 Å². The van der Waals surface area contributed by atoms with Gasteiger partial charge in [0.2, 0.25) is 11.8 Å². The van der Waals surface area contributed by atoms with Gasteiger partial charge >= 0.3 is 0 Å². The van der Waals surface area contributed by atoms with Gasteiger partial charge in [-0.15, -0.1) is 5.10 Å². The molecule has 0 spiro atoms. The SMILES string of the molecule is COc1nn(C(C)C)c(OC)c1-c1c(C)c(C)c(C)c(C)c1C. The lowest BCUT2D eigenvalue weighted by Crippen LogP contribution is -2.06. The third-order valence-electron chi connectivity index (χ3n) is 4.96. The standard InChI is InChI=1S/C19H28N2O2/c1-10(2)21-19(23-9)17(18(20-21)22-8)16-14(6)12(4)11(3)13(5)15(16)7/h10H,1-9H3. The average Bonchev–Trinajstić information content (AvgIpc) is 2.90. The molecule has 4 heteroatoms. The van der Waals surface area contributed by atoms with Crippen molar-refractivity contribution < 1.29 is 9.47 Å². The number of ether oxygens (including phenoxy) is 2. The van der Waals surface area contributed by atoms with Gasteiger partial charge in [-0.25, -0.2) is 4.68 Å². The predicted molar refractivity (Wildman–Crippen MR) is 94.8 cm³/mol. The van der Waals surface area contributed by atoms with Crippen LogP contribution in [-0.2, 0) is 0 Å². The predicted octanol–water partition coefficient (Wildman–Crippen LogP) is 4.69. The molecule has 0 amide bonds. The summed E-state index contributed by atoms with van der Waals surface area (Å²) in [5.74, 6) is 1.37. The maximum absolute atomic E-state index is 5.72. The lowest BCUT2D eigenvalue weighted by atomic mass is 9.87. The highest BCUT2D eigenvalue weighted by molar-refractivity contribution is 5.81. The summed E-state index contributed by atoms with van der Waals surface area (Å²) < 4.78 is 13.2. The summed E-state index contributed by atoms with van der Waals surface area (Å²) in [5, 5.41) is 4.61. The Balaban J connectivity index is 2.93. The normalized spacial score (nSPS) is 11.2. The zero-order valence-electron chi connectivity index (χ0n) is 15.8. The fraction of sp³-hybridized carbons (Fsp3) is 0.526. The summed E-state index contributed by atoms with van der Waals surface area (Å²) in [5.41, 5.74) is 8.60. The van der Waals surface area contributed by atoms with Crippen molar-refractivity contribution in [2.75, 3.05) is 14.2 Å². The van der Waals surface area contributed by atoms with Gasteiger partial charge in [0.15, 0.2) is 0 Å². The molecule has 0 saturated carbocycles. The van der Waals surface area contributed by atoms with Crippen LogP contribution in [0.15, 0.2) is 0 Å². The van der Waals surface area contributed by atoms with Crippen molar-refractivity contribution in [3.05, 3.63) is 27.8 Å². The molecule has 0 fully saturated rings. The molecule has 0 radical (unpaired) electrons. The van der Waals surface area contributed by atoms with Crippen LogP contribution in [0.25, 0.3) is 11.1 Å². The Hall–Kier alpha value is -1.97. The van der Waals surface area contributed by atoms with Crippen molar-refractivity contribution >= 4 is 0 Å². The van der Waals surface area contributed by atoms with Crippen LogP contribution in [0.2, 0.25) is 0 Å².